The highest BCUT2D eigenvalue weighted by Gasteiger charge is 2.21. The maximum absolute atomic E-state index is 11.1. The highest BCUT2D eigenvalue weighted by atomic mass is 16.1. The summed E-state index contributed by atoms with van der Waals surface area (Å²) in [6.07, 6.45) is 1.42. The Balaban J connectivity index is 3.87. The molecule has 0 radical (unpaired) electrons. The predicted molar refractivity (Wildman–Crippen MR) is 48.5 cm³/mol. The van der Waals surface area contributed by atoms with E-state index >= 15 is 0 Å². The number of hydrogen-bond donors (Lipinski definition) is 0. The SMILES string of the molecule is CCC(=O)C[C@@H](C)C(C)(C)C. The molecule has 0 fully saturated rings. The summed E-state index contributed by atoms with van der Waals surface area (Å²) < 4.78 is 0. The van der Waals surface area contributed by atoms with Gasteiger partial charge in [0.1, 0.15) is 5.78 Å². The van der Waals surface area contributed by atoms with E-state index in [0.717, 1.165) is 6.42 Å². The van der Waals surface area contributed by atoms with Crippen LogP contribution in [-0.2, 0) is 4.79 Å². The fourth-order valence-corrected chi connectivity index (χ4v) is 0.792. The molecule has 0 aliphatic carbocycles. The van der Waals surface area contributed by atoms with Crippen LogP contribution in [0.3, 0.4) is 0 Å². The van der Waals surface area contributed by atoms with Gasteiger partial charge < -0.3 is 0 Å². The average molecular weight is 156 g/mol. The second-order valence-corrected chi connectivity index (χ2v) is 4.36. The van der Waals surface area contributed by atoms with E-state index in [1.165, 1.54) is 0 Å². The van der Waals surface area contributed by atoms with E-state index in [1.807, 2.05) is 6.92 Å². The van der Waals surface area contributed by atoms with Crippen molar-refractivity contribution in [2.24, 2.45) is 11.3 Å². The minimum atomic E-state index is 0.269. The fourth-order valence-electron chi connectivity index (χ4n) is 0.792. The van der Waals surface area contributed by atoms with Crippen molar-refractivity contribution in [1.29, 1.82) is 0 Å². The smallest absolute Gasteiger partial charge is 0.132 e. The number of carbonyl (C=O) groups is 1. The van der Waals surface area contributed by atoms with E-state index in [-0.39, 0.29) is 5.41 Å². The lowest BCUT2D eigenvalue weighted by atomic mass is 9.79. The van der Waals surface area contributed by atoms with E-state index in [0.29, 0.717) is 18.1 Å². The van der Waals surface area contributed by atoms with Crippen LogP contribution in [0.25, 0.3) is 0 Å². The van der Waals surface area contributed by atoms with Crippen LogP contribution in [0.4, 0.5) is 0 Å². The molecule has 0 aliphatic rings. The number of ketones is 1. The number of Topliss-reactive ketones (excluding diaryl/α,β-unsaturated/α-hetero) is 1. The number of carbonyl (C=O) groups excluding carboxylic acids is 1. The molecule has 0 aromatic rings. The molecule has 66 valence electrons. The number of hydrogen-bond acceptors (Lipinski definition) is 1. The summed E-state index contributed by atoms with van der Waals surface area (Å²) in [5.74, 6) is 0.877. The van der Waals surface area contributed by atoms with Gasteiger partial charge in [0.2, 0.25) is 0 Å². The molecule has 0 heterocycles. The molecule has 0 unspecified atom stereocenters. The highest BCUT2D eigenvalue weighted by molar-refractivity contribution is 5.78. The van der Waals surface area contributed by atoms with Gasteiger partial charge in [-0.3, -0.25) is 4.79 Å². The molecule has 1 atom stereocenters. The second-order valence-electron chi connectivity index (χ2n) is 4.36. The topological polar surface area (TPSA) is 17.1 Å². The van der Waals surface area contributed by atoms with E-state index < -0.39 is 0 Å². The molecular formula is C10H20O. The van der Waals surface area contributed by atoms with Gasteiger partial charge in [-0.1, -0.05) is 34.6 Å². The summed E-state index contributed by atoms with van der Waals surface area (Å²) >= 11 is 0. The fraction of sp³-hybridized carbons (Fsp3) is 0.900. The third-order valence-electron chi connectivity index (χ3n) is 2.41. The van der Waals surface area contributed by atoms with Gasteiger partial charge in [0.05, 0.1) is 0 Å². The lowest BCUT2D eigenvalue weighted by Crippen LogP contribution is -2.20. The Morgan fingerprint density at radius 3 is 2.09 bits per heavy atom. The summed E-state index contributed by atoms with van der Waals surface area (Å²) in [6.45, 7) is 10.6. The third-order valence-corrected chi connectivity index (χ3v) is 2.41. The molecule has 0 bridgehead atoms. The molecule has 0 aromatic heterocycles. The number of rotatable bonds is 3. The van der Waals surface area contributed by atoms with Crippen LogP contribution in [0.2, 0.25) is 0 Å². The van der Waals surface area contributed by atoms with Crippen molar-refractivity contribution < 1.29 is 4.79 Å². The first-order valence-electron chi connectivity index (χ1n) is 4.39. The molecule has 0 saturated carbocycles. The molecular weight excluding hydrogens is 136 g/mol. The van der Waals surface area contributed by atoms with E-state index in [2.05, 4.69) is 27.7 Å². The Morgan fingerprint density at radius 1 is 1.36 bits per heavy atom. The van der Waals surface area contributed by atoms with E-state index in [1.54, 1.807) is 0 Å². The van der Waals surface area contributed by atoms with Crippen LogP contribution < -0.4 is 0 Å². The summed E-state index contributed by atoms with van der Waals surface area (Å²) in [5, 5.41) is 0. The quantitative estimate of drug-likeness (QED) is 0.614. The average Bonchev–Trinajstić information content (AvgIpc) is 1.85. The third kappa shape index (κ3) is 4.18. The van der Waals surface area contributed by atoms with Crippen LogP contribution >= 0.6 is 0 Å². The Hall–Kier alpha value is -0.330. The lowest BCUT2D eigenvalue weighted by molar-refractivity contribution is -0.120. The first-order chi connectivity index (χ1) is 4.88. The monoisotopic (exact) mass is 156 g/mol. The zero-order valence-electron chi connectivity index (χ0n) is 8.40. The Kier molecular flexibility index (Phi) is 3.77. The maximum Gasteiger partial charge on any atom is 0.132 e. The Labute approximate surface area is 70.2 Å². The Morgan fingerprint density at radius 2 is 1.82 bits per heavy atom. The van der Waals surface area contributed by atoms with Crippen LogP contribution in [0.5, 0.6) is 0 Å². The largest absolute Gasteiger partial charge is 0.300 e. The van der Waals surface area contributed by atoms with Gasteiger partial charge in [-0.05, 0) is 11.3 Å². The molecule has 0 saturated heterocycles. The van der Waals surface area contributed by atoms with Crippen LogP contribution in [0.15, 0.2) is 0 Å². The predicted octanol–water partition coefficient (Wildman–Crippen LogP) is 3.04. The zero-order chi connectivity index (χ0) is 9.07. The van der Waals surface area contributed by atoms with Gasteiger partial charge in [-0.15, -0.1) is 0 Å². The summed E-state index contributed by atoms with van der Waals surface area (Å²) in [4.78, 5) is 11.1. The van der Waals surface area contributed by atoms with Crippen molar-refractivity contribution in [3.63, 3.8) is 0 Å². The lowest BCUT2D eigenvalue weighted by Gasteiger charge is -2.26. The summed E-state index contributed by atoms with van der Waals surface area (Å²) in [7, 11) is 0. The normalized spacial score (nSPS) is 14.6. The van der Waals surface area contributed by atoms with E-state index in [4.69, 9.17) is 0 Å². The van der Waals surface area contributed by atoms with Gasteiger partial charge in [0.15, 0.2) is 0 Å². The first-order valence-corrected chi connectivity index (χ1v) is 4.39. The molecule has 1 heteroatoms. The van der Waals surface area contributed by atoms with Gasteiger partial charge in [-0.2, -0.15) is 0 Å². The van der Waals surface area contributed by atoms with Crippen molar-refractivity contribution in [2.75, 3.05) is 0 Å². The van der Waals surface area contributed by atoms with Gasteiger partial charge in [0, 0.05) is 12.8 Å². The highest BCUT2D eigenvalue weighted by Crippen LogP contribution is 2.28. The second kappa shape index (κ2) is 3.89. The van der Waals surface area contributed by atoms with E-state index in [9.17, 15) is 4.79 Å². The van der Waals surface area contributed by atoms with Crippen molar-refractivity contribution in [1.82, 2.24) is 0 Å². The molecule has 0 aromatic carbocycles. The van der Waals surface area contributed by atoms with Crippen LogP contribution in [0.1, 0.15) is 47.5 Å². The van der Waals surface area contributed by atoms with Crippen LogP contribution in [-0.4, -0.2) is 5.78 Å². The van der Waals surface area contributed by atoms with Crippen molar-refractivity contribution in [2.45, 2.75) is 47.5 Å². The minimum absolute atomic E-state index is 0.269. The van der Waals surface area contributed by atoms with Gasteiger partial charge in [-0.25, -0.2) is 0 Å². The molecule has 0 spiro atoms. The van der Waals surface area contributed by atoms with Crippen LogP contribution in [0, 0.1) is 11.3 Å². The first kappa shape index (κ1) is 10.7. The molecule has 0 aliphatic heterocycles. The Bertz CT molecular complexity index is 130. The standard InChI is InChI=1S/C10H20O/c1-6-9(11)7-8(2)10(3,4)5/h8H,6-7H2,1-5H3/t8-/m1/s1. The molecule has 0 amide bonds. The maximum atomic E-state index is 11.1. The molecule has 0 rings (SSSR count). The summed E-state index contributed by atoms with van der Waals surface area (Å²) in [6, 6.07) is 0. The van der Waals surface area contributed by atoms with Gasteiger partial charge in [0.25, 0.3) is 0 Å². The zero-order valence-corrected chi connectivity index (χ0v) is 8.40. The van der Waals surface area contributed by atoms with Crippen molar-refractivity contribution in [3.05, 3.63) is 0 Å². The van der Waals surface area contributed by atoms with Gasteiger partial charge >= 0.3 is 0 Å². The van der Waals surface area contributed by atoms with Crippen molar-refractivity contribution >= 4 is 5.78 Å². The molecule has 0 N–H and O–H groups in total. The molecule has 11 heavy (non-hydrogen) atoms. The molecule has 1 nitrogen and oxygen atoms in total. The minimum Gasteiger partial charge on any atom is -0.300 e. The summed E-state index contributed by atoms with van der Waals surface area (Å²) in [5.41, 5.74) is 0.269. The van der Waals surface area contributed by atoms with Crippen molar-refractivity contribution in [3.8, 4) is 0 Å².